The minimum atomic E-state index is 0.262. The summed E-state index contributed by atoms with van der Waals surface area (Å²) in [6.45, 7) is 1.12. The first-order valence-electron chi connectivity index (χ1n) is 3.54. The van der Waals surface area contributed by atoms with Crippen LogP contribution in [0.15, 0.2) is 5.51 Å². The van der Waals surface area contributed by atoms with Crippen molar-refractivity contribution in [2.45, 2.75) is 12.8 Å². The molecule has 0 atom stereocenters. The zero-order chi connectivity index (χ0) is 7.94. The molecule has 1 aromatic rings. The van der Waals surface area contributed by atoms with E-state index >= 15 is 0 Å². The van der Waals surface area contributed by atoms with E-state index in [1.54, 1.807) is 5.51 Å². The first-order valence-corrected chi connectivity index (χ1v) is 4.42. The lowest BCUT2D eigenvalue weighted by Crippen LogP contribution is -2.01. The molecule has 0 unspecified atom stereocenters. The topological polar surface area (TPSA) is 58.0 Å². The standard InChI is InChI=1S/C6H11N3OS/c10-4-2-1-3-7-6-9-8-5-11-6/h5,10H,1-4H2,(H,7,9). The Morgan fingerprint density at radius 2 is 2.45 bits per heavy atom. The number of aliphatic hydroxyl groups excluding tert-OH is 1. The zero-order valence-electron chi connectivity index (χ0n) is 6.16. The third-order valence-corrected chi connectivity index (χ3v) is 1.87. The highest BCUT2D eigenvalue weighted by molar-refractivity contribution is 7.13. The molecule has 1 heterocycles. The van der Waals surface area contributed by atoms with Crippen LogP contribution in [0.3, 0.4) is 0 Å². The fourth-order valence-electron chi connectivity index (χ4n) is 0.682. The molecule has 0 fully saturated rings. The maximum absolute atomic E-state index is 8.47. The average Bonchev–Trinajstić information content (AvgIpc) is 2.50. The highest BCUT2D eigenvalue weighted by Crippen LogP contribution is 2.07. The second-order valence-electron chi connectivity index (χ2n) is 2.10. The largest absolute Gasteiger partial charge is 0.396 e. The van der Waals surface area contributed by atoms with Crippen LogP contribution < -0.4 is 5.32 Å². The summed E-state index contributed by atoms with van der Waals surface area (Å²) < 4.78 is 0. The second-order valence-corrected chi connectivity index (χ2v) is 2.93. The van der Waals surface area contributed by atoms with Gasteiger partial charge in [-0.15, -0.1) is 10.2 Å². The van der Waals surface area contributed by atoms with Crippen molar-refractivity contribution in [1.29, 1.82) is 0 Å². The third-order valence-electron chi connectivity index (χ3n) is 1.22. The van der Waals surface area contributed by atoms with Crippen molar-refractivity contribution in [1.82, 2.24) is 10.2 Å². The Balaban J connectivity index is 2.04. The predicted molar refractivity (Wildman–Crippen MR) is 44.7 cm³/mol. The molecule has 0 saturated carbocycles. The van der Waals surface area contributed by atoms with Gasteiger partial charge in [0, 0.05) is 13.2 Å². The minimum absolute atomic E-state index is 0.262. The van der Waals surface area contributed by atoms with E-state index in [1.165, 1.54) is 11.3 Å². The van der Waals surface area contributed by atoms with Crippen LogP contribution in [0.1, 0.15) is 12.8 Å². The van der Waals surface area contributed by atoms with Crippen molar-refractivity contribution in [2.75, 3.05) is 18.5 Å². The van der Waals surface area contributed by atoms with Crippen LogP contribution in [0.25, 0.3) is 0 Å². The van der Waals surface area contributed by atoms with Gasteiger partial charge in [0.2, 0.25) is 5.13 Å². The Kier molecular flexibility index (Phi) is 3.85. The van der Waals surface area contributed by atoms with E-state index in [9.17, 15) is 0 Å². The summed E-state index contributed by atoms with van der Waals surface area (Å²) in [5, 5.41) is 19.9. The number of hydrogen-bond acceptors (Lipinski definition) is 5. The number of nitrogens with zero attached hydrogens (tertiary/aromatic N) is 2. The molecule has 0 aromatic carbocycles. The fraction of sp³-hybridized carbons (Fsp3) is 0.667. The van der Waals surface area contributed by atoms with Gasteiger partial charge in [-0.05, 0) is 12.8 Å². The van der Waals surface area contributed by atoms with Crippen molar-refractivity contribution >= 4 is 16.5 Å². The van der Waals surface area contributed by atoms with Crippen LogP contribution in [-0.2, 0) is 0 Å². The molecule has 5 heteroatoms. The lowest BCUT2D eigenvalue weighted by atomic mass is 10.3. The van der Waals surface area contributed by atoms with Crippen LogP contribution in [0.4, 0.5) is 5.13 Å². The van der Waals surface area contributed by atoms with Crippen molar-refractivity contribution in [3.05, 3.63) is 5.51 Å². The molecule has 4 nitrogen and oxygen atoms in total. The molecule has 11 heavy (non-hydrogen) atoms. The minimum Gasteiger partial charge on any atom is -0.396 e. The second kappa shape index (κ2) is 5.03. The first-order chi connectivity index (χ1) is 5.43. The van der Waals surface area contributed by atoms with Gasteiger partial charge in [-0.25, -0.2) is 0 Å². The van der Waals surface area contributed by atoms with E-state index in [4.69, 9.17) is 5.11 Å². The lowest BCUT2D eigenvalue weighted by molar-refractivity contribution is 0.286. The van der Waals surface area contributed by atoms with Gasteiger partial charge in [0.05, 0.1) is 0 Å². The van der Waals surface area contributed by atoms with E-state index in [2.05, 4.69) is 15.5 Å². The molecule has 1 rings (SSSR count). The van der Waals surface area contributed by atoms with Gasteiger partial charge in [0.1, 0.15) is 5.51 Å². The predicted octanol–water partition coefficient (Wildman–Crippen LogP) is 0.722. The molecule has 2 N–H and O–H groups in total. The summed E-state index contributed by atoms with van der Waals surface area (Å²) in [6.07, 6.45) is 1.81. The molecule has 0 aliphatic carbocycles. The Bertz CT molecular complexity index is 178. The smallest absolute Gasteiger partial charge is 0.205 e. The molecule has 0 spiro atoms. The molecule has 0 saturated heterocycles. The summed E-state index contributed by atoms with van der Waals surface area (Å²) >= 11 is 1.49. The Labute approximate surface area is 69.3 Å². The van der Waals surface area contributed by atoms with Crippen molar-refractivity contribution in [3.63, 3.8) is 0 Å². The van der Waals surface area contributed by atoms with Crippen LogP contribution in [-0.4, -0.2) is 28.5 Å². The lowest BCUT2D eigenvalue weighted by Gasteiger charge is -1.98. The summed E-state index contributed by atoms with van der Waals surface area (Å²) in [4.78, 5) is 0. The van der Waals surface area contributed by atoms with Crippen molar-refractivity contribution < 1.29 is 5.11 Å². The van der Waals surface area contributed by atoms with Gasteiger partial charge in [0.25, 0.3) is 0 Å². The summed E-state index contributed by atoms with van der Waals surface area (Å²) in [6, 6.07) is 0. The quantitative estimate of drug-likeness (QED) is 0.644. The summed E-state index contributed by atoms with van der Waals surface area (Å²) in [5.74, 6) is 0. The molecule has 0 aliphatic heterocycles. The number of nitrogens with one attached hydrogen (secondary N) is 1. The molecular weight excluding hydrogens is 162 g/mol. The highest BCUT2D eigenvalue weighted by Gasteiger charge is 1.92. The van der Waals surface area contributed by atoms with Crippen molar-refractivity contribution in [3.8, 4) is 0 Å². The van der Waals surface area contributed by atoms with Crippen LogP contribution in [0.5, 0.6) is 0 Å². The van der Waals surface area contributed by atoms with E-state index < -0.39 is 0 Å². The summed E-state index contributed by atoms with van der Waals surface area (Å²) in [7, 11) is 0. The van der Waals surface area contributed by atoms with Crippen LogP contribution in [0, 0.1) is 0 Å². The van der Waals surface area contributed by atoms with Gasteiger partial charge in [-0.3, -0.25) is 0 Å². The molecule has 0 aliphatic rings. The van der Waals surface area contributed by atoms with Gasteiger partial charge in [0.15, 0.2) is 0 Å². The monoisotopic (exact) mass is 173 g/mol. The van der Waals surface area contributed by atoms with Crippen LogP contribution >= 0.6 is 11.3 Å². The van der Waals surface area contributed by atoms with Gasteiger partial charge >= 0.3 is 0 Å². The maximum Gasteiger partial charge on any atom is 0.205 e. The third kappa shape index (κ3) is 3.29. The van der Waals surface area contributed by atoms with Gasteiger partial charge in [-0.2, -0.15) is 0 Å². The Morgan fingerprint density at radius 3 is 3.09 bits per heavy atom. The van der Waals surface area contributed by atoms with E-state index in [-0.39, 0.29) is 6.61 Å². The molecule has 0 bridgehead atoms. The van der Waals surface area contributed by atoms with Crippen molar-refractivity contribution in [2.24, 2.45) is 0 Å². The van der Waals surface area contributed by atoms with Crippen LogP contribution in [0.2, 0.25) is 0 Å². The number of unbranched alkanes of at least 4 members (excludes halogenated alkanes) is 1. The SMILES string of the molecule is OCCCCNc1nncs1. The zero-order valence-corrected chi connectivity index (χ0v) is 6.97. The number of rotatable bonds is 5. The number of anilines is 1. The highest BCUT2D eigenvalue weighted by atomic mass is 32.1. The normalized spacial score (nSPS) is 9.91. The van der Waals surface area contributed by atoms with E-state index in [0.717, 1.165) is 24.5 Å². The number of aromatic nitrogens is 2. The van der Waals surface area contributed by atoms with E-state index in [0.29, 0.717) is 0 Å². The molecule has 1 aromatic heterocycles. The number of aliphatic hydroxyl groups is 1. The molecule has 62 valence electrons. The number of hydrogen-bond donors (Lipinski definition) is 2. The molecule has 0 amide bonds. The maximum atomic E-state index is 8.47. The fourth-order valence-corrected chi connectivity index (χ4v) is 1.16. The Morgan fingerprint density at radius 1 is 1.55 bits per heavy atom. The average molecular weight is 173 g/mol. The molecule has 0 radical (unpaired) electrons. The first kappa shape index (κ1) is 8.42. The summed E-state index contributed by atoms with van der Waals surface area (Å²) in [5.41, 5.74) is 1.69. The van der Waals surface area contributed by atoms with Gasteiger partial charge < -0.3 is 10.4 Å². The van der Waals surface area contributed by atoms with Gasteiger partial charge in [-0.1, -0.05) is 11.3 Å². The Hall–Kier alpha value is -0.680. The van der Waals surface area contributed by atoms with E-state index in [1.807, 2.05) is 0 Å². The molecular formula is C6H11N3OS.